The smallest absolute Gasteiger partial charge is 0.333 e. The molecule has 3 aromatic heterocycles. The Bertz CT molecular complexity index is 1840. The third-order valence-corrected chi connectivity index (χ3v) is 9.16. The third kappa shape index (κ3) is 4.65. The number of aryl methyl sites for hydroxylation is 2. The highest BCUT2D eigenvalue weighted by Crippen LogP contribution is 2.56. The Kier molecular flexibility index (Phi) is 6.70. The van der Waals surface area contributed by atoms with Gasteiger partial charge in [-0.3, -0.25) is 19.1 Å². The van der Waals surface area contributed by atoms with Gasteiger partial charge >= 0.3 is 6.55 Å². The fourth-order valence-electron chi connectivity index (χ4n) is 6.46. The van der Waals surface area contributed by atoms with Gasteiger partial charge in [0.1, 0.15) is 10.8 Å². The molecule has 1 amide bonds. The van der Waals surface area contributed by atoms with Crippen molar-refractivity contribution in [3.05, 3.63) is 98.1 Å². The lowest BCUT2D eigenvalue weighted by Crippen LogP contribution is -2.41. The van der Waals surface area contributed by atoms with Crippen LogP contribution in [0.25, 0.3) is 16.9 Å². The quantitative estimate of drug-likeness (QED) is 0.277. The van der Waals surface area contributed by atoms with Gasteiger partial charge in [0, 0.05) is 30.2 Å². The molecule has 3 fully saturated rings. The second-order valence-corrected chi connectivity index (χ2v) is 11.9. The lowest BCUT2D eigenvalue weighted by Gasteiger charge is -2.27. The highest BCUT2D eigenvalue weighted by Gasteiger charge is 2.43. The van der Waals surface area contributed by atoms with E-state index in [1.54, 1.807) is 43.1 Å². The monoisotopic (exact) mass is 609 g/mol. The van der Waals surface area contributed by atoms with Gasteiger partial charge in [0.2, 0.25) is 0 Å². The van der Waals surface area contributed by atoms with E-state index >= 15 is 4.39 Å². The Labute approximate surface area is 249 Å². The van der Waals surface area contributed by atoms with Gasteiger partial charge in [-0.05, 0) is 79.5 Å². The first-order valence-corrected chi connectivity index (χ1v) is 14.4. The highest BCUT2D eigenvalue weighted by atomic mass is 35.5. The summed E-state index contributed by atoms with van der Waals surface area (Å²) in [5.74, 6) is -1.21. The Hall–Kier alpha value is -3.96. The largest absolute Gasteiger partial charge is 0.374 e. The van der Waals surface area contributed by atoms with Crippen molar-refractivity contribution in [2.24, 2.45) is 0 Å². The van der Waals surface area contributed by atoms with Gasteiger partial charge < -0.3 is 9.64 Å². The van der Waals surface area contributed by atoms with Gasteiger partial charge in [-0.15, -0.1) is 0 Å². The minimum absolute atomic E-state index is 0.00317. The summed E-state index contributed by atoms with van der Waals surface area (Å²) in [6.45, 7) is 1.75. The molecule has 5 heterocycles. The molecule has 4 atom stereocenters. The summed E-state index contributed by atoms with van der Waals surface area (Å²) in [5, 5.41) is 3.76. The Morgan fingerprint density at radius 3 is 2.65 bits per heavy atom. The highest BCUT2D eigenvalue weighted by molar-refractivity contribution is 6.31. The number of hydrogen-bond donors (Lipinski definition) is 0. The van der Waals surface area contributed by atoms with E-state index in [9.17, 15) is 18.4 Å². The Balaban J connectivity index is 1.21. The van der Waals surface area contributed by atoms with Gasteiger partial charge in [-0.1, -0.05) is 17.7 Å². The number of benzene rings is 1. The summed E-state index contributed by atoms with van der Waals surface area (Å²) >= 11 is 6.64. The Morgan fingerprint density at radius 1 is 1.14 bits per heavy atom. The average Bonchev–Trinajstić information content (AvgIpc) is 3.32. The molecule has 2 aliphatic heterocycles. The van der Waals surface area contributed by atoms with E-state index in [0.29, 0.717) is 52.3 Å². The standard InChI is InChI=1S/C31H27ClF3N5O3/c1-15-10-36-25(20-4-3-5-21(28(20)33)29(41)38-13-19-7-18(38)14-43-19)9-26(15)40-16(2)6-24(27(32)30(40)42)23-8-22(23)17-11-37-39(12-17)31(34)35/h3-6,9-12,18-19,22-23,31H,7-8,13-14H2,1-2H3/t18-,19-,22+,23-/m0/s1. The van der Waals surface area contributed by atoms with E-state index in [4.69, 9.17) is 16.3 Å². The number of pyridine rings is 2. The molecular formula is C31H27ClF3N5O3. The van der Waals surface area contributed by atoms with Gasteiger partial charge in [0.15, 0.2) is 0 Å². The topological polar surface area (TPSA) is 82.2 Å². The molecule has 2 saturated heterocycles. The molecule has 0 spiro atoms. The van der Waals surface area contributed by atoms with Crippen molar-refractivity contribution in [2.75, 3.05) is 13.2 Å². The first-order valence-electron chi connectivity index (χ1n) is 14.0. The number of amides is 1. The van der Waals surface area contributed by atoms with Crippen molar-refractivity contribution in [3.63, 3.8) is 0 Å². The molecule has 3 aliphatic rings. The number of hydrogen-bond acceptors (Lipinski definition) is 5. The van der Waals surface area contributed by atoms with Crippen molar-refractivity contribution >= 4 is 17.5 Å². The van der Waals surface area contributed by atoms with Crippen molar-refractivity contribution in [1.82, 2.24) is 24.2 Å². The van der Waals surface area contributed by atoms with E-state index in [2.05, 4.69) is 10.1 Å². The maximum absolute atomic E-state index is 15.9. The van der Waals surface area contributed by atoms with E-state index in [-0.39, 0.29) is 51.7 Å². The first kappa shape index (κ1) is 27.8. The minimum Gasteiger partial charge on any atom is -0.374 e. The zero-order valence-electron chi connectivity index (χ0n) is 23.3. The molecule has 4 aromatic rings. The summed E-state index contributed by atoms with van der Waals surface area (Å²) in [5.41, 5.74) is 3.02. The fourth-order valence-corrected chi connectivity index (χ4v) is 6.74. The van der Waals surface area contributed by atoms with Crippen molar-refractivity contribution in [2.45, 2.75) is 57.2 Å². The van der Waals surface area contributed by atoms with Crippen molar-refractivity contribution in [1.29, 1.82) is 0 Å². The average molecular weight is 610 g/mol. The van der Waals surface area contributed by atoms with Crippen LogP contribution in [0.15, 0.2) is 53.7 Å². The van der Waals surface area contributed by atoms with Crippen LogP contribution >= 0.6 is 11.6 Å². The van der Waals surface area contributed by atoms with E-state index in [0.717, 1.165) is 6.42 Å². The number of aromatic nitrogens is 4. The maximum Gasteiger partial charge on any atom is 0.333 e. The number of morpholine rings is 1. The molecule has 43 heavy (non-hydrogen) atoms. The van der Waals surface area contributed by atoms with Crippen LogP contribution in [0.1, 0.15) is 64.0 Å². The van der Waals surface area contributed by atoms with Crippen LogP contribution in [0.4, 0.5) is 13.2 Å². The molecular weight excluding hydrogens is 583 g/mol. The maximum atomic E-state index is 15.9. The summed E-state index contributed by atoms with van der Waals surface area (Å²) in [6, 6.07) is 8.06. The Morgan fingerprint density at radius 2 is 1.95 bits per heavy atom. The number of rotatable bonds is 6. The first-order chi connectivity index (χ1) is 20.6. The number of alkyl halides is 2. The predicted molar refractivity (Wildman–Crippen MR) is 152 cm³/mol. The van der Waals surface area contributed by atoms with Gasteiger partial charge in [-0.25, -0.2) is 9.07 Å². The molecule has 1 aromatic carbocycles. The SMILES string of the molecule is Cc1cnc(-c2cccc(C(=O)N3C[C@@H]4C[C@H]3CO4)c2F)cc1-n1c(C)cc([C@H]2C[C@@H]2c2cnn(C(F)F)c2)c(Cl)c1=O. The summed E-state index contributed by atoms with van der Waals surface area (Å²) in [7, 11) is 0. The third-order valence-electron chi connectivity index (χ3n) is 8.78. The number of likely N-dealkylation sites (tertiary alicyclic amines) is 1. The molecule has 1 saturated carbocycles. The summed E-state index contributed by atoms with van der Waals surface area (Å²) in [6.07, 6.45) is 5.72. The molecule has 7 rings (SSSR count). The van der Waals surface area contributed by atoms with Crippen molar-refractivity contribution in [3.8, 4) is 16.9 Å². The number of carbonyl (C=O) groups is 1. The van der Waals surface area contributed by atoms with Crippen LogP contribution in [0, 0.1) is 19.7 Å². The molecule has 0 N–H and O–H groups in total. The van der Waals surface area contributed by atoms with Crippen LogP contribution in [-0.4, -0.2) is 55.4 Å². The zero-order valence-corrected chi connectivity index (χ0v) is 24.1. The second kappa shape index (κ2) is 10.3. The molecule has 1 aliphatic carbocycles. The number of nitrogens with zero attached hydrogens (tertiary/aromatic N) is 5. The summed E-state index contributed by atoms with van der Waals surface area (Å²) < 4.78 is 49.5. The van der Waals surface area contributed by atoms with Gasteiger partial charge in [0.05, 0.1) is 41.9 Å². The number of fused-ring (bicyclic) bond motifs is 2. The summed E-state index contributed by atoms with van der Waals surface area (Å²) in [4.78, 5) is 33.0. The number of halogens is 4. The molecule has 0 unspecified atom stereocenters. The van der Waals surface area contributed by atoms with E-state index in [1.807, 2.05) is 6.07 Å². The van der Waals surface area contributed by atoms with Crippen molar-refractivity contribution < 1.29 is 22.7 Å². The van der Waals surface area contributed by atoms with Gasteiger partial charge in [-0.2, -0.15) is 13.9 Å². The molecule has 2 bridgehead atoms. The lowest BCUT2D eigenvalue weighted by atomic mass is 10.0. The zero-order chi connectivity index (χ0) is 30.2. The number of ether oxygens (including phenoxy) is 1. The van der Waals surface area contributed by atoms with E-state index < -0.39 is 17.9 Å². The normalized spacial score (nSPS) is 22.5. The van der Waals surface area contributed by atoms with Crippen LogP contribution in [0.3, 0.4) is 0 Å². The van der Waals surface area contributed by atoms with Crippen LogP contribution in [0.5, 0.6) is 0 Å². The second-order valence-electron chi connectivity index (χ2n) is 11.5. The molecule has 12 heteroatoms. The fraction of sp³-hybridized carbons (Fsp3) is 0.355. The molecule has 8 nitrogen and oxygen atoms in total. The molecule has 0 radical (unpaired) electrons. The minimum atomic E-state index is -2.72. The predicted octanol–water partition coefficient (Wildman–Crippen LogP) is 5.78. The van der Waals surface area contributed by atoms with Crippen LogP contribution in [-0.2, 0) is 4.74 Å². The molecule has 222 valence electrons. The number of carbonyl (C=O) groups excluding carboxylic acids is 1. The van der Waals surface area contributed by atoms with Crippen LogP contribution < -0.4 is 5.56 Å². The van der Waals surface area contributed by atoms with E-state index in [1.165, 1.54) is 23.0 Å². The van der Waals surface area contributed by atoms with Crippen LogP contribution in [0.2, 0.25) is 5.02 Å². The lowest BCUT2D eigenvalue weighted by molar-refractivity contribution is 0.0256. The van der Waals surface area contributed by atoms with Gasteiger partial charge in [0.25, 0.3) is 11.5 Å².